The quantitative estimate of drug-likeness (QED) is 0.622. The van der Waals surface area contributed by atoms with Crippen LogP contribution in [0.1, 0.15) is 23.0 Å². The Kier molecular flexibility index (Phi) is 4.99. The van der Waals surface area contributed by atoms with Gasteiger partial charge in [0.2, 0.25) is 11.7 Å². The first kappa shape index (κ1) is 18.0. The van der Waals surface area contributed by atoms with Crippen LogP contribution in [0.4, 0.5) is 5.69 Å². The van der Waals surface area contributed by atoms with Crippen LogP contribution < -0.4 is 14.8 Å². The maximum absolute atomic E-state index is 13.2. The van der Waals surface area contributed by atoms with E-state index in [2.05, 4.69) is 21.2 Å². The van der Waals surface area contributed by atoms with Gasteiger partial charge in [-0.2, -0.15) is 0 Å². The van der Waals surface area contributed by atoms with Gasteiger partial charge in [0.25, 0.3) is 0 Å². The van der Waals surface area contributed by atoms with Crippen LogP contribution in [0.25, 0.3) is 11.0 Å². The molecule has 0 aliphatic carbocycles. The SMILES string of the molecule is COc1ccc(OC)c(C(=O)c2oc3ccc(Br)cc3c2NC(C)=O)c1. The number of hydrogen-bond donors (Lipinski definition) is 1. The van der Waals surface area contributed by atoms with Crippen molar-refractivity contribution in [3.05, 3.63) is 52.2 Å². The summed E-state index contributed by atoms with van der Waals surface area (Å²) < 4.78 is 17.0. The van der Waals surface area contributed by atoms with Crippen LogP contribution in [0.5, 0.6) is 11.5 Å². The normalized spacial score (nSPS) is 10.6. The summed E-state index contributed by atoms with van der Waals surface area (Å²) in [6.07, 6.45) is 0. The van der Waals surface area contributed by atoms with Crippen molar-refractivity contribution >= 4 is 44.3 Å². The number of carbonyl (C=O) groups is 2. The van der Waals surface area contributed by atoms with E-state index in [-0.39, 0.29) is 17.2 Å². The van der Waals surface area contributed by atoms with E-state index in [4.69, 9.17) is 13.9 Å². The molecule has 1 heterocycles. The van der Waals surface area contributed by atoms with Gasteiger partial charge in [0.05, 0.1) is 25.5 Å². The number of ether oxygens (including phenoxy) is 2. The van der Waals surface area contributed by atoms with Gasteiger partial charge in [-0.15, -0.1) is 0 Å². The van der Waals surface area contributed by atoms with Gasteiger partial charge in [-0.1, -0.05) is 15.9 Å². The molecule has 1 N–H and O–H groups in total. The van der Waals surface area contributed by atoms with Crippen LogP contribution in [-0.2, 0) is 4.79 Å². The van der Waals surface area contributed by atoms with Gasteiger partial charge in [0.1, 0.15) is 17.1 Å². The fourth-order valence-corrected chi connectivity index (χ4v) is 3.00. The third-order valence-corrected chi connectivity index (χ3v) is 4.30. The third-order valence-electron chi connectivity index (χ3n) is 3.81. The Balaban J connectivity index is 2.21. The molecule has 6 nitrogen and oxygen atoms in total. The molecule has 3 rings (SSSR count). The second-order valence-corrected chi connectivity index (χ2v) is 6.44. The maximum atomic E-state index is 13.2. The molecule has 2 aromatic carbocycles. The van der Waals surface area contributed by atoms with E-state index >= 15 is 0 Å². The standard InChI is InChI=1S/C19H16BrNO5/c1-10(22)21-17-13-8-11(20)4-6-16(13)26-19(17)18(23)14-9-12(24-2)5-7-15(14)25-3/h4-9H,1-3H3,(H,21,22). The highest BCUT2D eigenvalue weighted by atomic mass is 79.9. The molecule has 7 heteroatoms. The highest BCUT2D eigenvalue weighted by Crippen LogP contribution is 2.36. The number of furan rings is 1. The van der Waals surface area contributed by atoms with Gasteiger partial charge in [-0.3, -0.25) is 9.59 Å². The zero-order valence-electron chi connectivity index (χ0n) is 14.4. The number of halogens is 1. The lowest BCUT2D eigenvalue weighted by Crippen LogP contribution is -2.11. The van der Waals surface area contributed by atoms with E-state index in [0.29, 0.717) is 28.2 Å². The van der Waals surface area contributed by atoms with E-state index < -0.39 is 5.78 Å². The molecule has 0 saturated carbocycles. The molecular formula is C19H16BrNO5. The number of rotatable bonds is 5. The van der Waals surface area contributed by atoms with E-state index in [0.717, 1.165) is 4.47 Å². The minimum absolute atomic E-state index is 0.0276. The van der Waals surface area contributed by atoms with Crippen molar-refractivity contribution in [1.29, 1.82) is 0 Å². The van der Waals surface area contributed by atoms with Crippen LogP contribution in [0.3, 0.4) is 0 Å². The van der Waals surface area contributed by atoms with Gasteiger partial charge in [-0.25, -0.2) is 0 Å². The molecule has 3 aromatic rings. The number of ketones is 1. The molecular weight excluding hydrogens is 402 g/mol. The highest BCUT2D eigenvalue weighted by Gasteiger charge is 2.25. The van der Waals surface area contributed by atoms with Gasteiger partial charge < -0.3 is 19.2 Å². The summed E-state index contributed by atoms with van der Waals surface area (Å²) in [5, 5.41) is 3.32. The summed E-state index contributed by atoms with van der Waals surface area (Å²) in [5.74, 6) is 0.191. The first-order chi connectivity index (χ1) is 12.4. The molecule has 1 amide bonds. The summed E-state index contributed by atoms with van der Waals surface area (Å²) in [5.41, 5.74) is 1.09. The second kappa shape index (κ2) is 7.21. The van der Waals surface area contributed by atoms with Gasteiger partial charge in [-0.05, 0) is 36.4 Å². The number of nitrogens with one attached hydrogen (secondary N) is 1. The topological polar surface area (TPSA) is 77.8 Å². The van der Waals surface area contributed by atoms with Crippen molar-refractivity contribution in [2.75, 3.05) is 19.5 Å². The van der Waals surface area contributed by atoms with Crippen LogP contribution in [-0.4, -0.2) is 25.9 Å². The fraction of sp³-hybridized carbons (Fsp3) is 0.158. The lowest BCUT2D eigenvalue weighted by Gasteiger charge is -2.09. The van der Waals surface area contributed by atoms with E-state index in [1.54, 1.807) is 36.4 Å². The van der Waals surface area contributed by atoms with Gasteiger partial charge in [0.15, 0.2) is 5.76 Å². The molecule has 0 bridgehead atoms. The Morgan fingerprint density at radius 2 is 1.85 bits per heavy atom. The smallest absolute Gasteiger partial charge is 0.234 e. The zero-order valence-corrected chi connectivity index (χ0v) is 16.0. The Labute approximate surface area is 158 Å². The molecule has 1 aromatic heterocycles. The minimum atomic E-state index is -0.420. The molecule has 26 heavy (non-hydrogen) atoms. The Morgan fingerprint density at radius 1 is 1.08 bits per heavy atom. The molecule has 0 aliphatic rings. The van der Waals surface area contributed by atoms with Crippen molar-refractivity contribution in [3.63, 3.8) is 0 Å². The Bertz CT molecular complexity index is 1010. The molecule has 0 fully saturated rings. The average Bonchev–Trinajstić information content (AvgIpc) is 2.97. The van der Waals surface area contributed by atoms with Gasteiger partial charge in [0, 0.05) is 16.8 Å². The summed E-state index contributed by atoms with van der Waals surface area (Å²) in [6, 6.07) is 10.2. The Morgan fingerprint density at radius 3 is 2.50 bits per heavy atom. The molecule has 0 aliphatic heterocycles. The van der Waals surface area contributed by atoms with Crippen molar-refractivity contribution < 1.29 is 23.5 Å². The number of methoxy groups -OCH3 is 2. The van der Waals surface area contributed by atoms with Crippen LogP contribution in [0.2, 0.25) is 0 Å². The first-order valence-corrected chi connectivity index (χ1v) is 8.50. The number of carbonyl (C=O) groups excluding carboxylic acids is 2. The van der Waals surface area contributed by atoms with Crippen LogP contribution in [0, 0.1) is 0 Å². The summed E-state index contributed by atoms with van der Waals surface area (Å²) >= 11 is 3.39. The van der Waals surface area contributed by atoms with Crippen molar-refractivity contribution in [3.8, 4) is 11.5 Å². The number of hydrogen-bond acceptors (Lipinski definition) is 5. The van der Waals surface area contributed by atoms with Crippen LogP contribution in [0.15, 0.2) is 45.3 Å². The first-order valence-electron chi connectivity index (χ1n) is 7.71. The van der Waals surface area contributed by atoms with E-state index in [9.17, 15) is 9.59 Å². The minimum Gasteiger partial charge on any atom is -0.497 e. The highest BCUT2D eigenvalue weighted by molar-refractivity contribution is 9.10. The van der Waals surface area contributed by atoms with Crippen molar-refractivity contribution in [1.82, 2.24) is 0 Å². The van der Waals surface area contributed by atoms with Crippen LogP contribution >= 0.6 is 15.9 Å². The molecule has 0 spiro atoms. The largest absolute Gasteiger partial charge is 0.497 e. The number of amides is 1. The number of anilines is 1. The monoisotopic (exact) mass is 417 g/mol. The fourth-order valence-electron chi connectivity index (χ4n) is 2.64. The zero-order chi connectivity index (χ0) is 18.8. The lowest BCUT2D eigenvalue weighted by molar-refractivity contribution is -0.114. The maximum Gasteiger partial charge on any atom is 0.234 e. The predicted molar refractivity (Wildman–Crippen MR) is 101 cm³/mol. The molecule has 0 atom stereocenters. The second-order valence-electron chi connectivity index (χ2n) is 5.52. The number of benzene rings is 2. The van der Waals surface area contributed by atoms with E-state index in [1.165, 1.54) is 21.1 Å². The molecule has 0 unspecified atom stereocenters. The molecule has 0 radical (unpaired) electrons. The van der Waals surface area contributed by atoms with E-state index in [1.807, 2.05) is 0 Å². The predicted octanol–water partition coefficient (Wildman–Crippen LogP) is 4.40. The summed E-state index contributed by atoms with van der Waals surface area (Å²) in [6.45, 7) is 1.37. The molecule has 0 saturated heterocycles. The third kappa shape index (κ3) is 3.30. The number of fused-ring (bicyclic) bond motifs is 1. The average molecular weight is 418 g/mol. The summed E-state index contributed by atoms with van der Waals surface area (Å²) in [4.78, 5) is 24.8. The molecule has 134 valence electrons. The Hall–Kier alpha value is -2.80. The van der Waals surface area contributed by atoms with Gasteiger partial charge >= 0.3 is 0 Å². The lowest BCUT2D eigenvalue weighted by atomic mass is 10.1. The van der Waals surface area contributed by atoms with Crippen molar-refractivity contribution in [2.45, 2.75) is 6.92 Å². The van der Waals surface area contributed by atoms with Crippen molar-refractivity contribution in [2.24, 2.45) is 0 Å². The summed E-state index contributed by atoms with van der Waals surface area (Å²) in [7, 11) is 2.99.